The summed E-state index contributed by atoms with van der Waals surface area (Å²) in [6, 6.07) is 0. The number of hydrogen-bond donors (Lipinski definition) is 1. The lowest BCUT2D eigenvalue weighted by molar-refractivity contribution is -0.118. The second kappa shape index (κ2) is 9.49. The smallest absolute Gasteiger partial charge is 0.216 e. The Morgan fingerprint density at radius 3 is 1.82 bits per heavy atom. The van der Waals surface area contributed by atoms with E-state index in [4.69, 9.17) is 0 Å². The van der Waals surface area contributed by atoms with Crippen molar-refractivity contribution in [1.82, 2.24) is 5.32 Å². The zero-order valence-corrected chi connectivity index (χ0v) is 12.3. The van der Waals surface area contributed by atoms with E-state index in [1.54, 1.807) is 6.92 Å². The topological polar surface area (TPSA) is 29.1 Å². The molecule has 0 atom stereocenters. The first kappa shape index (κ1) is 16.5. The molecule has 17 heavy (non-hydrogen) atoms. The third-order valence-corrected chi connectivity index (χ3v) is 2.98. The molecule has 0 aliphatic rings. The molecule has 0 aromatic rings. The van der Waals surface area contributed by atoms with E-state index >= 15 is 0 Å². The van der Waals surface area contributed by atoms with Gasteiger partial charge in [-0.3, -0.25) is 4.79 Å². The van der Waals surface area contributed by atoms with Crippen LogP contribution < -0.4 is 5.32 Å². The summed E-state index contributed by atoms with van der Waals surface area (Å²) in [4.78, 5) is 10.6. The molecular weight excluding hydrogens is 210 g/mol. The highest BCUT2D eigenvalue weighted by Crippen LogP contribution is 2.22. The van der Waals surface area contributed by atoms with Crippen LogP contribution in [0.1, 0.15) is 79.1 Å². The summed E-state index contributed by atoms with van der Waals surface area (Å²) in [6.45, 7) is 9.37. The van der Waals surface area contributed by atoms with Crippen molar-refractivity contribution >= 4 is 5.91 Å². The molecule has 0 saturated carbocycles. The van der Waals surface area contributed by atoms with Gasteiger partial charge in [0, 0.05) is 13.5 Å². The summed E-state index contributed by atoms with van der Waals surface area (Å²) in [6.07, 6.45) is 10.5. The second-order valence-corrected chi connectivity index (χ2v) is 6.27. The second-order valence-electron chi connectivity index (χ2n) is 6.27. The molecular formula is C15H31NO. The fourth-order valence-corrected chi connectivity index (χ4v) is 1.93. The zero-order chi connectivity index (χ0) is 13.1. The Labute approximate surface area is 108 Å². The van der Waals surface area contributed by atoms with Crippen molar-refractivity contribution < 1.29 is 4.79 Å². The van der Waals surface area contributed by atoms with Crippen LogP contribution in [0.4, 0.5) is 0 Å². The molecule has 0 aliphatic heterocycles. The van der Waals surface area contributed by atoms with Crippen LogP contribution in [0, 0.1) is 5.41 Å². The number of amides is 1. The van der Waals surface area contributed by atoms with Gasteiger partial charge in [0.25, 0.3) is 0 Å². The summed E-state index contributed by atoms with van der Waals surface area (Å²) in [5, 5.41) is 2.83. The summed E-state index contributed by atoms with van der Waals surface area (Å²) in [5.41, 5.74) is 0.498. The molecule has 0 fully saturated rings. The first-order valence-corrected chi connectivity index (χ1v) is 7.16. The van der Waals surface area contributed by atoms with Gasteiger partial charge in [-0.1, -0.05) is 59.3 Å². The molecule has 0 saturated heterocycles. The molecule has 102 valence electrons. The predicted octanol–water partition coefficient (Wildman–Crippen LogP) is 4.29. The fraction of sp³-hybridized carbons (Fsp3) is 0.933. The van der Waals surface area contributed by atoms with E-state index in [2.05, 4.69) is 26.1 Å². The molecule has 0 aromatic heterocycles. The number of unbranched alkanes of at least 4 members (excludes halogenated alkanes) is 6. The highest BCUT2D eigenvalue weighted by Gasteiger charge is 2.08. The maximum atomic E-state index is 10.6. The molecule has 0 radical (unpaired) electrons. The van der Waals surface area contributed by atoms with E-state index in [0.29, 0.717) is 5.41 Å². The van der Waals surface area contributed by atoms with Gasteiger partial charge < -0.3 is 5.32 Å². The van der Waals surface area contributed by atoms with Crippen LogP contribution in [0.15, 0.2) is 0 Å². The Kier molecular flexibility index (Phi) is 9.20. The maximum absolute atomic E-state index is 10.6. The molecule has 0 rings (SSSR count). The van der Waals surface area contributed by atoms with E-state index in [0.717, 1.165) is 13.0 Å². The standard InChI is InChI=1S/C15H31NO/c1-14(17)16-13-11-9-7-5-6-8-10-12-15(2,3)4/h5-13H2,1-4H3,(H,16,17). The first-order valence-electron chi connectivity index (χ1n) is 7.16. The molecule has 2 nitrogen and oxygen atoms in total. The molecule has 0 bridgehead atoms. The highest BCUT2D eigenvalue weighted by atomic mass is 16.1. The summed E-state index contributed by atoms with van der Waals surface area (Å²) in [5.74, 6) is 0.0900. The number of nitrogens with one attached hydrogen (secondary N) is 1. The third-order valence-electron chi connectivity index (χ3n) is 2.98. The third kappa shape index (κ3) is 15.5. The normalized spacial score (nSPS) is 11.5. The predicted molar refractivity (Wildman–Crippen MR) is 75.1 cm³/mol. The van der Waals surface area contributed by atoms with Crippen LogP contribution >= 0.6 is 0 Å². The van der Waals surface area contributed by atoms with Crippen molar-refractivity contribution in [2.24, 2.45) is 5.41 Å². The Morgan fingerprint density at radius 2 is 1.35 bits per heavy atom. The number of hydrogen-bond acceptors (Lipinski definition) is 1. The van der Waals surface area contributed by atoms with Crippen molar-refractivity contribution in [2.75, 3.05) is 6.54 Å². The summed E-state index contributed by atoms with van der Waals surface area (Å²) >= 11 is 0. The average Bonchev–Trinajstić information content (AvgIpc) is 2.18. The van der Waals surface area contributed by atoms with Gasteiger partial charge >= 0.3 is 0 Å². The molecule has 0 heterocycles. The summed E-state index contributed by atoms with van der Waals surface area (Å²) < 4.78 is 0. The van der Waals surface area contributed by atoms with Crippen molar-refractivity contribution in [2.45, 2.75) is 79.1 Å². The molecule has 2 heteroatoms. The quantitative estimate of drug-likeness (QED) is 0.599. The largest absolute Gasteiger partial charge is 0.356 e. The molecule has 0 aliphatic carbocycles. The SMILES string of the molecule is CC(=O)NCCCCCCCCCC(C)(C)C. The van der Waals surface area contributed by atoms with Gasteiger partial charge in [-0.25, -0.2) is 0 Å². The number of rotatable bonds is 9. The van der Waals surface area contributed by atoms with E-state index in [9.17, 15) is 4.79 Å². The van der Waals surface area contributed by atoms with E-state index in [-0.39, 0.29) is 5.91 Å². The van der Waals surface area contributed by atoms with Gasteiger partial charge in [-0.2, -0.15) is 0 Å². The van der Waals surface area contributed by atoms with Crippen LogP contribution in [0.2, 0.25) is 0 Å². The lowest BCUT2D eigenvalue weighted by Crippen LogP contribution is -2.20. The molecule has 1 amide bonds. The van der Waals surface area contributed by atoms with Crippen LogP contribution in [0.25, 0.3) is 0 Å². The van der Waals surface area contributed by atoms with Gasteiger partial charge in [-0.05, 0) is 18.3 Å². The number of carbonyl (C=O) groups excluding carboxylic acids is 1. The van der Waals surface area contributed by atoms with Crippen molar-refractivity contribution in [1.29, 1.82) is 0 Å². The van der Waals surface area contributed by atoms with Crippen LogP contribution in [-0.2, 0) is 4.79 Å². The van der Waals surface area contributed by atoms with Crippen molar-refractivity contribution in [3.05, 3.63) is 0 Å². The van der Waals surface area contributed by atoms with Crippen LogP contribution in [0.5, 0.6) is 0 Å². The molecule has 0 unspecified atom stereocenters. The molecule has 0 spiro atoms. The Balaban J connectivity index is 3.06. The van der Waals surface area contributed by atoms with Crippen molar-refractivity contribution in [3.8, 4) is 0 Å². The Hall–Kier alpha value is -0.530. The average molecular weight is 241 g/mol. The van der Waals surface area contributed by atoms with Gasteiger partial charge in [0.1, 0.15) is 0 Å². The minimum Gasteiger partial charge on any atom is -0.356 e. The number of carbonyl (C=O) groups is 1. The van der Waals surface area contributed by atoms with Crippen LogP contribution in [-0.4, -0.2) is 12.5 Å². The first-order chi connectivity index (χ1) is 7.92. The van der Waals surface area contributed by atoms with Gasteiger partial charge in [0.05, 0.1) is 0 Å². The van der Waals surface area contributed by atoms with Gasteiger partial charge in [0.15, 0.2) is 0 Å². The fourth-order valence-electron chi connectivity index (χ4n) is 1.93. The molecule has 0 aromatic carbocycles. The summed E-state index contributed by atoms with van der Waals surface area (Å²) in [7, 11) is 0. The van der Waals surface area contributed by atoms with Crippen LogP contribution in [0.3, 0.4) is 0 Å². The van der Waals surface area contributed by atoms with Gasteiger partial charge in [-0.15, -0.1) is 0 Å². The van der Waals surface area contributed by atoms with Crippen molar-refractivity contribution in [3.63, 3.8) is 0 Å². The highest BCUT2D eigenvalue weighted by molar-refractivity contribution is 5.72. The lowest BCUT2D eigenvalue weighted by Gasteiger charge is -2.17. The van der Waals surface area contributed by atoms with E-state index in [1.807, 2.05) is 0 Å². The van der Waals surface area contributed by atoms with Gasteiger partial charge in [0.2, 0.25) is 5.91 Å². The van der Waals surface area contributed by atoms with E-state index < -0.39 is 0 Å². The monoisotopic (exact) mass is 241 g/mol. The minimum atomic E-state index is 0.0900. The molecule has 1 N–H and O–H groups in total. The Bertz CT molecular complexity index is 194. The van der Waals surface area contributed by atoms with E-state index in [1.165, 1.54) is 44.9 Å². The minimum absolute atomic E-state index is 0.0900. The maximum Gasteiger partial charge on any atom is 0.216 e. The Morgan fingerprint density at radius 1 is 0.882 bits per heavy atom. The lowest BCUT2D eigenvalue weighted by atomic mass is 9.89. The zero-order valence-electron chi connectivity index (χ0n) is 12.3.